The van der Waals surface area contributed by atoms with Crippen LogP contribution in [0.2, 0.25) is 5.02 Å². The SMILES string of the molecule is CC(C)NC(=O)Cc1cc2cc(N3CCC(N(C)C)CC3)ccc2nc1-c1ccc(F)c(Cl)c1. The fourth-order valence-electron chi connectivity index (χ4n) is 4.62. The van der Waals surface area contributed by atoms with Gasteiger partial charge in [-0.2, -0.15) is 0 Å². The first-order chi connectivity index (χ1) is 16.2. The van der Waals surface area contributed by atoms with E-state index in [-0.39, 0.29) is 23.4 Å². The second-order valence-electron chi connectivity index (χ2n) is 9.58. The minimum Gasteiger partial charge on any atom is -0.371 e. The highest BCUT2D eigenvalue weighted by atomic mass is 35.5. The number of piperidine rings is 1. The Kier molecular flexibility index (Phi) is 7.39. The monoisotopic (exact) mass is 482 g/mol. The molecule has 34 heavy (non-hydrogen) atoms. The standard InChI is InChI=1S/C27H32ClFN4O/c1-17(2)30-26(34)16-20-13-19-14-22(33-11-9-21(10-12-33)32(3)4)6-8-25(19)31-27(20)18-5-7-24(29)23(28)15-18/h5-8,13-15,17,21H,9-12,16H2,1-4H3,(H,30,34). The normalized spacial score (nSPS) is 14.9. The lowest BCUT2D eigenvalue weighted by Gasteiger charge is -2.36. The molecular weight excluding hydrogens is 451 g/mol. The van der Waals surface area contributed by atoms with Crippen molar-refractivity contribution in [2.75, 3.05) is 32.1 Å². The highest BCUT2D eigenvalue weighted by Gasteiger charge is 2.21. The maximum absolute atomic E-state index is 13.8. The van der Waals surface area contributed by atoms with E-state index >= 15 is 0 Å². The predicted molar refractivity (Wildman–Crippen MR) is 138 cm³/mol. The zero-order valence-corrected chi connectivity index (χ0v) is 21.0. The second-order valence-corrected chi connectivity index (χ2v) is 9.99. The molecule has 1 fully saturated rings. The molecule has 0 bridgehead atoms. The van der Waals surface area contributed by atoms with Crippen LogP contribution < -0.4 is 10.2 Å². The summed E-state index contributed by atoms with van der Waals surface area (Å²) >= 11 is 6.05. The minimum absolute atomic E-state index is 0.0356. The number of amides is 1. The van der Waals surface area contributed by atoms with Gasteiger partial charge in [-0.1, -0.05) is 11.6 Å². The average Bonchev–Trinajstić information content (AvgIpc) is 2.79. The van der Waals surface area contributed by atoms with Crippen LogP contribution in [0.5, 0.6) is 0 Å². The van der Waals surface area contributed by atoms with Crippen molar-refractivity contribution in [1.82, 2.24) is 15.2 Å². The molecular formula is C27H32ClFN4O. The van der Waals surface area contributed by atoms with E-state index in [0.717, 1.165) is 42.4 Å². The number of hydrogen-bond donors (Lipinski definition) is 1. The lowest BCUT2D eigenvalue weighted by atomic mass is 9.99. The molecule has 1 aliphatic rings. The third-order valence-electron chi connectivity index (χ3n) is 6.43. The van der Waals surface area contributed by atoms with E-state index in [0.29, 0.717) is 17.3 Å². The molecule has 0 saturated carbocycles. The zero-order valence-electron chi connectivity index (χ0n) is 20.2. The first-order valence-electron chi connectivity index (χ1n) is 11.8. The summed E-state index contributed by atoms with van der Waals surface area (Å²) in [5, 5.41) is 3.97. The van der Waals surface area contributed by atoms with Crippen LogP contribution in [-0.2, 0) is 11.2 Å². The van der Waals surface area contributed by atoms with Crippen molar-refractivity contribution >= 4 is 34.1 Å². The largest absolute Gasteiger partial charge is 0.371 e. The molecule has 180 valence electrons. The van der Waals surface area contributed by atoms with Crippen LogP contribution in [0.25, 0.3) is 22.2 Å². The Balaban J connectivity index is 1.71. The van der Waals surface area contributed by atoms with Crippen molar-refractivity contribution in [2.45, 2.75) is 45.2 Å². The number of nitrogens with one attached hydrogen (secondary N) is 1. The quantitative estimate of drug-likeness (QED) is 0.518. The Morgan fingerprint density at radius 2 is 1.91 bits per heavy atom. The van der Waals surface area contributed by atoms with Crippen molar-refractivity contribution in [3.05, 3.63) is 58.9 Å². The minimum atomic E-state index is -0.479. The molecule has 0 atom stereocenters. The number of nitrogens with zero attached hydrogens (tertiary/aromatic N) is 3. The summed E-state index contributed by atoms with van der Waals surface area (Å²) in [6, 6.07) is 13.5. The van der Waals surface area contributed by atoms with Gasteiger partial charge in [0.2, 0.25) is 5.91 Å². The Bertz CT molecular complexity index is 1190. The summed E-state index contributed by atoms with van der Waals surface area (Å²) in [6.45, 7) is 5.89. The third-order valence-corrected chi connectivity index (χ3v) is 6.72. The number of pyridine rings is 1. The summed E-state index contributed by atoms with van der Waals surface area (Å²) in [6.07, 6.45) is 2.45. The third kappa shape index (κ3) is 5.50. The van der Waals surface area contributed by atoms with Gasteiger partial charge in [-0.25, -0.2) is 9.37 Å². The molecule has 3 aromatic rings. The van der Waals surface area contributed by atoms with Crippen molar-refractivity contribution < 1.29 is 9.18 Å². The number of anilines is 1. The van der Waals surface area contributed by atoms with E-state index in [1.807, 2.05) is 26.0 Å². The van der Waals surface area contributed by atoms with E-state index < -0.39 is 5.82 Å². The number of fused-ring (bicyclic) bond motifs is 1. The average molecular weight is 483 g/mol. The van der Waals surface area contributed by atoms with E-state index in [2.05, 4.69) is 41.3 Å². The van der Waals surface area contributed by atoms with Crippen LogP contribution in [-0.4, -0.2) is 55.1 Å². The van der Waals surface area contributed by atoms with Crippen molar-refractivity contribution in [3.8, 4) is 11.3 Å². The fraction of sp³-hybridized carbons (Fsp3) is 0.407. The smallest absolute Gasteiger partial charge is 0.224 e. The van der Waals surface area contributed by atoms with Gasteiger partial charge in [-0.15, -0.1) is 0 Å². The van der Waals surface area contributed by atoms with Crippen molar-refractivity contribution in [3.63, 3.8) is 0 Å². The molecule has 2 aromatic carbocycles. The summed E-state index contributed by atoms with van der Waals surface area (Å²) < 4.78 is 13.8. The Labute approximate surface area is 205 Å². The van der Waals surface area contributed by atoms with Gasteiger partial charge in [0, 0.05) is 41.8 Å². The van der Waals surface area contributed by atoms with E-state index in [1.165, 1.54) is 11.8 Å². The van der Waals surface area contributed by atoms with Crippen LogP contribution in [0, 0.1) is 5.82 Å². The summed E-state index contributed by atoms with van der Waals surface area (Å²) in [5.41, 5.74) is 4.12. The summed E-state index contributed by atoms with van der Waals surface area (Å²) in [5.74, 6) is -0.555. The summed E-state index contributed by atoms with van der Waals surface area (Å²) in [4.78, 5) is 22.2. The lowest BCUT2D eigenvalue weighted by Crippen LogP contribution is -2.41. The number of rotatable bonds is 6. The highest BCUT2D eigenvalue weighted by molar-refractivity contribution is 6.31. The number of carbonyl (C=O) groups excluding carboxylic acids is 1. The fourth-order valence-corrected chi connectivity index (χ4v) is 4.80. The molecule has 0 radical (unpaired) electrons. The number of benzene rings is 2. The molecule has 1 saturated heterocycles. The van der Waals surface area contributed by atoms with E-state index in [4.69, 9.17) is 16.6 Å². The molecule has 1 N–H and O–H groups in total. The van der Waals surface area contributed by atoms with E-state index in [9.17, 15) is 9.18 Å². The van der Waals surface area contributed by atoms with Gasteiger partial charge < -0.3 is 15.1 Å². The first kappa shape index (κ1) is 24.4. The van der Waals surface area contributed by atoms with Gasteiger partial charge in [0.05, 0.1) is 22.7 Å². The van der Waals surface area contributed by atoms with Crippen LogP contribution in [0.1, 0.15) is 32.3 Å². The first-order valence-corrected chi connectivity index (χ1v) is 12.2. The van der Waals surface area contributed by atoms with E-state index in [1.54, 1.807) is 12.1 Å². The van der Waals surface area contributed by atoms with Crippen LogP contribution in [0.3, 0.4) is 0 Å². The topological polar surface area (TPSA) is 48.5 Å². The van der Waals surface area contributed by atoms with Crippen LogP contribution >= 0.6 is 11.6 Å². The number of hydrogen-bond acceptors (Lipinski definition) is 4. The van der Waals surface area contributed by atoms with Gasteiger partial charge in [0.15, 0.2) is 0 Å². The van der Waals surface area contributed by atoms with Gasteiger partial charge >= 0.3 is 0 Å². The van der Waals surface area contributed by atoms with Crippen molar-refractivity contribution in [1.29, 1.82) is 0 Å². The summed E-state index contributed by atoms with van der Waals surface area (Å²) in [7, 11) is 4.29. The predicted octanol–water partition coefficient (Wildman–Crippen LogP) is 5.29. The van der Waals surface area contributed by atoms with Gasteiger partial charge in [0.25, 0.3) is 0 Å². The molecule has 7 heteroatoms. The second kappa shape index (κ2) is 10.3. The molecule has 0 aliphatic carbocycles. The zero-order chi connectivity index (χ0) is 24.4. The highest BCUT2D eigenvalue weighted by Crippen LogP contribution is 2.31. The van der Waals surface area contributed by atoms with Crippen molar-refractivity contribution in [2.24, 2.45) is 0 Å². The molecule has 2 heterocycles. The maximum atomic E-state index is 13.8. The lowest BCUT2D eigenvalue weighted by molar-refractivity contribution is -0.120. The Morgan fingerprint density at radius 1 is 1.18 bits per heavy atom. The Hall–Kier alpha value is -2.70. The van der Waals surface area contributed by atoms with Crippen LogP contribution in [0.4, 0.5) is 10.1 Å². The Morgan fingerprint density at radius 3 is 2.56 bits per heavy atom. The molecule has 0 unspecified atom stereocenters. The number of aromatic nitrogens is 1. The van der Waals surface area contributed by atoms with Gasteiger partial charge in [-0.3, -0.25) is 4.79 Å². The molecule has 1 aliphatic heterocycles. The van der Waals surface area contributed by atoms with Gasteiger partial charge in [0.1, 0.15) is 5.82 Å². The van der Waals surface area contributed by atoms with Gasteiger partial charge in [-0.05, 0) is 88.8 Å². The molecule has 5 nitrogen and oxygen atoms in total. The number of halogens is 2. The molecule has 1 amide bonds. The van der Waals surface area contributed by atoms with Crippen LogP contribution in [0.15, 0.2) is 42.5 Å². The molecule has 0 spiro atoms. The number of carbonyl (C=O) groups is 1. The maximum Gasteiger partial charge on any atom is 0.224 e. The molecule has 1 aromatic heterocycles. The molecule has 4 rings (SSSR count).